The average Bonchev–Trinajstić information content (AvgIpc) is 3.14. The number of H-pyrrole nitrogens is 1. The molecule has 0 aliphatic heterocycles. The first-order valence-electron chi connectivity index (χ1n) is 6.23. The van der Waals surface area contributed by atoms with Crippen molar-refractivity contribution >= 4 is 11.7 Å². The zero-order valence-corrected chi connectivity index (χ0v) is 10.9. The number of fused-ring (bicyclic) bond motifs is 1. The molecule has 0 radical (unpaired) electrons. The minimum atomic E-state index is -0.193. The van der Waals surface area contributed by atoms with E-state index in [2.05, 4.69) is 30.6 Å². The van der Waals surface area contributed by atoms with Gasteiger partial charge < -0.3 is 5.32 Å². The van der Waals surface area contributed by atoms with Crippen molar-refractivity contribution in [3.63, 3.8) is 0 Å². The third-order valence-electron chi connectivity index (χ3n) is 2.98. The van der Waals surface area contributed by atoms with Gasteiger partial charge in [-0.25, -0.2) is 9.50 Å². The number of hydrogen-bond donors (Lipinski definition) is 2. The molecule has 3 aromatic rings. The second-order valence-corrected chi connectivity index (χ2v) is 4.21. The predicted molar refractivity (Wildman–Crippen MR) is 69.9 cm³/mol. The molecule has 0 atom stereocenters. The smallest absolute Gasteiger partial charge is 0.255 e. The summed E-state index contributed by atoms with van der Waals surface area (Å²) in [7, 11) is 0. The monoisotopic (exact) mass is 271 g/mol. The highest BCUT2D eigenvalue weighted by molar-refractivity contribution is 5.95. The summed E-state index contributed by atoms with van der Waals surface area (Å²) in [6.07, 6.45) is 5.26. The summed E-state index contributed by atoms with van der Waals surface area (Å²) in [4.78, 5) is 20.4. The fourth-order valence-electron chi connectivity index (χ4n) is 2.01. The summed E-state index contributed by atoms with van der Waals surface area (Å²) in [5.41, 5.74) is 2.13. The maximum absolute atomic E-state index is 12.2. The van der Waals surface area contributed by atoms with Crippen LogP contribution in [0.25, 0.3) is 5.78 Å². The second kappa shape index (κ2) is 5.08. The van der Waals surface area contributed by atoms with Crippen LogP contribution in [0.15, 0.2) is 24.8 Å². The molecule has 0 saturated carbocycles. The molecule has 0 aliphatic carbocycles. The van der Waals surface area contributed by atoms with Crippen LogP contribution in [0, 0.1) is 0 Å². The Hall–Kier alpha value is -2.77. The van der Waals surface area contributed by atoms with E-state index in [1.807, 2.05) is 6.92 Å². The van der Waals surface area contributed by atoms with Gasteiger partial charge in [0.25, 0.3) is 11.7 Å². The Bertz CT molecular complexity index is 731. The molecule has 3 aromatic heterocycles. The Labute approximate surface area is 114 Å². The van der Waals surface area contributed by atoms with Crippen molar-refractivity contribution in [2.24, 2.45) is 0 Å². The Kier molecular flexibility index (Phi) is 3.12. The van der Waals surface area contributed by atoms with E-state index in [9.17, 15) is 4.79 Å². The molecule has 0 spiro atoms. The number of aryl methyl sites for hydroxylation is 1. The normalized spacial score (nSPS) is 10.8. The molecule has 0 unspecified atom stereocenters. The van der Waals surface area contributed by atoms with Gasteiger partial charge in [-0.15, -0.1) is 0 Å². The van der Waals surface area contributed by atoms with Gasteiger partial charge in [0.1, 0.15) is 6.33 Å². The molecular weight excluding hydrogens is 258 g/mol. The maximum Gasteiger partial charge on any atom is 0.255 e. The third-order valence-corrected chi connectivity index (χ3v) is 2.98. The first-order valence-corrected chi connectivity index (χ1v) is 6.23. The molecule has 0 aliphatic rings. The first kappa shape index (κ1) is 12.3. The van der Waals surface area contributed by atoms with E-state index in [1.54, 1.807) is 16.8 Å². The SMILES string of the molecule is CCc1c(C(=O)NCc2ccn[nH]2)cnc2ncnn12. The highest BCUT2D eigenvalue weighted by Gasteiger charge is 2.15. The molecule has 20 heavy (non-hydrogen) atoms. The minimum Gasteiger partial charge on any atom is -0.346 e. The van der Waals surface area contributed by atoms with Gasteiger partial charge in [0.2, 0.25) is 0 Å². The van der Waals surface area contributed by atoms with Crippen LogP contribution in [0.5, 0.6) is 0 Å². The van der Waals surface area contributed by atoms with Crippen molar-refractivity contribution in [2.45, 2.75) is 19.9 Å². The molecule has 2 N–H and O–H groups in total. The number of nitrogens with one attached hydrogen (secondary N) is 2. The molecule has 1 amide bonds. The number of rotatable bonds is 4. The maximum atomic E-state index is 12.2. The van der Waals surface area contributed by atoms with Crippen molar-refractivity contribution in [1.29, 1.82) is 0 Å². The van der Waals surface area contributed by atoms with Gasteiger partial charge in [0, 0.05) is 12.4 Å². The van der Waals surface area contributed by atoms with Crippen LogP contribution in [-0.2, 0) is 13.0 Å². The van der Waals surface area contributed by atoms with E-state index in [0.29, 0.717) is 24.3 Å². The number of hydrogen-bond acceptors (Lipinski definition) is 5. The summed E-state index contributed by atoms with van der Waals surface area (Å²) < 4.78 is 1.59. The Morgan fingerprint density at radius 3 is 3.10 bits per heavy atom. The molecule has 8 nitrogen and oxygen atoms in total. The first-order chi connectivity index (χ1) is 9.79. The molecule has 0 aromatic carbocycles. The van der Waals surface area contributed by atoms with Crippen LogP contribution < -0.4 is 5.32 Å². The second-order valence-electron chi connectivity index (χ2n) is 4.21. The lowest BCUT2D eigenvalue weighted by atomic mass is 10.2. The zero-order chi connectivity index (χ0) is 13.9. The van der Waals surface area contributed by atoms with Gasteiger partial charge in [0.05, 0.1) is 23.5 Å². The number of aromatic amines is 1. The number of carbonyl (C=O) groups is 1. The highest BCUT2D eigenvalue weighted by Crippen LogP contribution is 2.10. The van der Waals surface area contributed by atoms with Gasteiger partial charge in [-0.3, -0.25) is 9.89 Å². The Morgan fingerprint density at radius 2 is 2.35 bits per heavy atom. The lowest BCUT2D eigenvalue weighted by molar-refractivity contribution is 0.0948. The molecule has 3 rings (SSSR count). The summed E-state index contributed by atoms with van der Waals surface area (Å²) >= 11 is 0. The van der Waals surface area contributed by atoms with E-state index in [1.165, 1.54) is 12.5 Å². The van der Waals surface area contributed by atoms with Gasteiger partial charge in [0.15, 0.2) is 0 Å². The van der Waals surface area contributed by atoms with Gasteiger partial charge in [-0.05, 0) is 12.5 Å². The molecule has 3 heterocycles. The third kappa shape index (κ3) is 2.11. The molecule has 0 bridgehead atoms. The number of carbonyl (C=O) groups excluding carboxylic acids is 1. The van der Waals surface area contributed by atoms with Crippen LogP contribution in [0.1, 0.15) is 28.7 Å². The van der Waals surface area contributed by atoms with Crippen molar-refractivity contribution in [3.05, 3.63) is 41.7 Å². The van der Waals surface area contributed by atoms with E-state index in [0.717, 1.165) is 11.4 Å². The van der Waals surface area contributed by atoms with Crippen molar-refractivity contribution in [2.75, 3.05) is 0 Å². The number of nitrogens with zero attached hydrogens (tertiary/aromatic N) is 5. The molecule has 0 fully saturated rings. The van der Waals surface area contributed by atoms with Crippen molar-refractivity contribution in [3.8, 4) is 0 Å². The molecular formula is C12H13N7O. The quantitative estimate of drug-likeness (QED) is 0.712. The summed E-state index contributed by atoms with van der Waals surface area (Å²) in [6.45, 7) is 2.35. The summed E-state index contributed by atoms with van der Waals surface area (Å²) in [5, 5.41) is 13.5. The lowest BCUT2D eigenvalue weighted by Crippen LogP contribution is -2.25. The van der Waals surface area contributed by atoms with Gasteiger partial charge in [-0.1, -0.05) is 6.92 Å². The lowest BCUT2D eigenvalue weighted by Gasteiger charge is -2.09. The van der Waals surface area contributed by atoms with Gasteiger partial charge >= 0.3 is 0 Å². The fraction of sp³-hybridized carbons (Fsp3) is 0.250. The van der Waals surface area contributed by atoms with Gasteiger partial charge in [-0.2, -0.15) is 15.2 Å². The highest BCUT2D eigenvalue weighted by atomic mass is 16.1. The van der Waals surface area contributed by atoms with Crippen molar-refractivity contribution < 1.29 is 4.79 Å². The Morgan fingerprint density at radius 1 is 1.45 bits per heavy atom. The van der Waals surface area contributed by atoms with Crippen LogP contribution in [0.4, 0.5) is 0 Å². The van der Waals surface area contributed by atoms with Crippen LogP contribution in [0.3, 0.4) is 0 Å². The van der Waals surface area contributed by atoms with E-state index in [4.69, 9.17) is 0 Å². The van der Waals surface area contributed by atoms with E-state index >= 15 is 0 Å². The Balaban J connectivity index is 1.86. The minimum absolute atomic E-state index is 0.193. The zero-order valence-electron chi connectivity index (χ0n) is 10.9. The van der Waals surface area contributed by atoms with E-state index in [-0.39, 0.29) is 5.91 Å². The number of amides is 1. The standard InChI is InChI=1S/C12H13N7O/c1-2-10-9(6-14-12-15-7-17-19(10)12)11(20)13-5-8-3-4-16-18-8/h3-4,6-7H,2,5H2,1H3,(H,13,20)(H,16,18). The van der Waals surface area contributed by atoms with Crippen LogP contribution in [0.2, 0.25) is 0 Å². The fourth-order valence-corrected chi connectivity index (χ4v) is 2.01. The largest absolute Gasteiger partial charge is 0.346 e. The molecule has 0 saturated heterocycles. The molecule has 102 valence electrons. The average molecular weight is 271 g/mol. The van der Waals surface area contributed by atoms with Crippen LogP contribution >= 0.6 is 0 Å². The number of aromatic nitrogens is 6. The van der Waals surface area contributed by atoms with Crippen molar-refractivity contribution in [1.82, 2.24) is 35.1 Å². The summed E-state index contributed by atoms with van der Waals surface area (Å²) in [5.74, 6) is 0.299. The van der Waals surface area contributed by atoms with Crippen LogP contribution in [-0.4, -0.2) is 35.7 Å². The predicted octanol–water partition coefficient (Wildman–Crippen LogP) is 0.340. The topological polar surface area (TPSA) is 101 Å². The summed E-state index contributed by atoms with van der Waals surface area (Å²) in [6, 6.07) is 1.81. The van der Waals surface area contributed by atoms with E-state index < -0.39 is 0 Å². The molecule has 8 heteroatoms.